The highest BCUT2D eigenvalue weighted by Crippen LogP contribution is 2.32. The number of halogens is 2. The molecule has 0 unspecified atom stereocenters. The molecule has 134 valence electrons. The Morgan fingerprint density at radius 1 is 1.28 bits per heavy atom. The third-order valence-electron chi connectivity index (χ3n) is 4.25. The summed E-state index contributed by atoms with van der Waals surface area (Å²) in [6.07, 6.45) is 0. The van der Waals surface area contributed by atoms with Crippen molar-refractivity contribution in [1.82, 2.24) is 4.90 Å². The molecule has 2 aromatic rings. The standard InChI is InChI=1S/C17H18F2N2O3S/c1-3-24-17(23)11-9-25-16-10(15(11)22)8-12(18)14(13(16)19)21-6-4-20(2)5-7-21/h8-9H,3-7H2,1-2H3. The number of hydrogen-bond acceptors (Lipinski definition) is 6. The normalized spacial score (nSPS) is 15.6. The van der Waals surface area contributed by atoms with Gasteiger partial charge in [0.05, 0.1) is 11.3 Å². The van der Waals surface area contributed by atoms with Crippen LogP contribution in [0.15, 0.2) is 16.2 Å². The summed E-state index contributed by atoms with van der Waals surface area (Å²) in [5, 5.41) is 1.14. The number of fused-ring (bicyclic) bond motifs is 1. The predicted molar refractivity (Wildman–Crippen MR) is 93.7 cm³/mol. The van der Waals surface area contributed by atoms with Crippen LogP contribution in [0.1, 0.15) is 17.3 Å². The van der Waals surface area contributed by atoms with Gasteiger partial charge in [-0.1, -0.05) is 0 Å². The number of benzene rings is 1. The highest BCUT2D eigenvalue weighted by molar-refractivity contribution is 7.16. The summed E-state index contributed by atoms with van der Waals surface area (Å²) in [5.41, 5.74) is -1.03. The Bertz CT molecular complexity index is 876. The van der Waals surface area contributed by atoms with Gasteiger partial charge in [0, 0.05) is 36.9 Å². The predicted octanol–water partition coefficient (Wildman–Crippen LogP) is 2.47. The summed E-state index contributed by atoms with van der Waals surface area (Å²) in [6.45, 7) is 4.15. The van der Waals surface area contributed by atoms with E-state index in [1.165, 1.54) is 5.38 Å². The molecule has 0 bridgehead atoms. The molecule has 8 heteroatoms. The topological polar surface area (TPSA) is 49.9 Å². The molecule has 1 aromatic heterocycles. The minimum Gasteiger partial charge on any atom is -0.462 e. The molecule has 1 fully saturated rings. The first kappa shape index (κ1) is 17.8. The van der Waals surface area contributed by atoms with Gasteiger partial charge in [0.15, 0.2) is 5.82 Å². The zero-order valence-corrected chi connectivity index (χ0v) is 14.8. The van der Waals surface area contributed by atoms with E-state index in [0.717, 1.165) is 17.4 Å². The molecule has 3 rings (SSSR count). The molecule has 1 aromatic carbocycles. The smallest absolute Gasteiger partial charge is 0.342 e. The SMILES string of the molecule is CCOC(=O)c1csc2c(F)c(N3CCN(C)CC3)c(F)cc2c1=O. The van der Waals surface area contributed by atoms with E-state index in [1.807, 2.05) is 7.05 Å². The van der Waals surface area contributed by atoms with Gasteiger partial charge in [-0.05, 0) is 20.0 Å². The molecule has 0 radical (unpaired) electrons. The van der Waals surface area contributed by atoms with Crippen molar-refractivity contribution in [3.8, 4) is 0 Å². The van der Waals surface area contributed by atoms with Gasteiger partial charge in [-0.3, -0.25) is 4.79 Å². The molecule has 2 heterocycles. The summed E-state index contributed by atoms with van der Waals surface area (Å²) in [4.78, 5) is 28.0. The zero-order chi connectivity index (χ0) is 18.1. The quantitative estimate of drug-likeness (QED) is 0.779. The van der Waals surface area contributed by atoms with Crippen LogP contribution in [0.2, 0.25) is 0 Å². The molecule has 25 heavy (non-hydrogen) atoms. The number of anilines is 1. The molecule has 5 nitrogen and oxygen atoms in total. The summed E-state index contributed by atoms with van der Waals surface area (Å²) in [5.74, 6) is -2.33. The van der Waals surface area contributed by atoms with E-state index >= 15 is 0 Å². The molecule has 0 spiro atoms. The van der Waals surface area contributed by atoms with E-state index < -0.39 is 23.0 Å². The lowest BCUT2D eigenvalue weighted by Crippen LogP contribution is -2.45. The zero-order valence-electron chi connectivity index (χ0n) is 14.0. The largest absolute Gasteiger partial charge is 0.462 e. The third kappa shape index (κ3) is 3.23. The van der Waals surface area contributed by atoms with Crippen molar-refractivity contribution in [2.45, 2.75) is 6.92 Å². The molecule has 0 aliphatic carbocycles. The average molecular weight is 368 g/mol. The fourth-order valence-electron chi connectivity index (χ4n) is 2.86. The van der Waals surface area contributed by atoms with Gasteiger partial charge >= 0.3 is 5.97 Å². The molecule has 1 aliphatic rings. The van der Waals surface area contributed by atoms with Gasteiger partial charge in [-0.2, -0.15) is 0 Å². The van der Waals surface area contributed by atoms with Gasteiger partial charge in [0.2, 0.25) is 5.43 Å². The lowest BCUT2D eigenvalue weighted by atomic mass is 10.1. The molecule has 0 N–H and O–H groups in total. The van der Waals surface area contributed by atoms with Gasteiger partial charge in [0.25, 0.3) is 0 Å². The van der Waals surface area contributed by atoms with Crippen molar-refractivity contribution in [2.24, 2.45) is 0 Å². The van der Waals surface area contributed by atoms with Crippen molar-refractivity contribution in [1.29, 1.82) is 0 Å². The first-order valence-corrected chi connectivity index (χ1v) is 8.86. The minimum atomic E-state index is -0.792. The number of esters is 1. The monoisotopic (exact) mass is 368 g/mol. The highest BCUT2D eigenvalue weighted by Gasteiger charge is 2.25. The maximum Gasteiger partial charge on any atom is 0.342 e. The first-order valence-electron chi connectivity index (χ1n) is 7.98. The van der Waals surface area contributed by atoms with Crippen LogP contribution in [0.25, 0.3) is 10.1 Å². The Kier molecular flexibility index (Phi) is 5.01. The number of ether oxygens (including phenoxy) is 1. The molecule has 0 saturated carbocycles. The Morgan fingerprint density at radius 2 is 1.96 bits per heavy atom. The fourth-order valence-corrected chi connectivity index (χ4v) is 3.78. The van der Waals surface area contributed by atoms with E-state index in [2.05, 4.69) is 4.90 Å². The van der Waals surface area contributed by atoms with E-state index in [1.54, 1.807) is 11.8 Å². The maximum atomic E-state index is 14.9. The number of carbonyl (C=O) groups excluding carboxylic acids is 1. The van der Waals surface area contributed by atoms with Crippen LogP contribution in [-0.2, 0) is 4.74 Å². The van der Waals surface area contributed by atoms with E-state index in [0.29, 0.717) is 26.2 Å². The second kappa shape index (κ2) is 7.05. The van der Waals surface area contributed by atoms with Crippen LogP contribution < -0.4 is 10.3 Å². The van der Waals surface area contributed by atoms with Crippen LogP contribution >= 0.6 is 11.3 Å². The van der Waals surface area contributed by atoms with E-state index in [-0.39, 0.29) is 27.9 Å². The number of rotatable bonds is 3. The van der Waals surface area contributed by atoms with Crippen molar-refractivity contribution < 1.29 is 18.3 Å². The number of likely N-dealkylation sites (N-methyl/N-ethyl adjacent to an activating group) is 1. The summed E-state index contributed by atoms with van der Waals surface area (Å²) in [6, 6.07) is 1.02. The second-order valence-electron chi connectivity index (χ2n) is 5.89. The van der Waals surface area contributed by atoms with Crippen LogP contribution in [0.3, 0.4) is 0 Å². The van der Waals surface area contributed by atoms with Crippen LogP contribution in [0, 0.1) is 11.6 Å². The second-order valence-corrected chi connectivity index (χ2v) is 6.77. The number of carbonyl (C=O) groups is 1. The highest BCUT2D eigenvalue weighted by atomic mass is 32.1. The lowest BCUT2D eigenvalue weighted by Gasteiger charge is -2.34. The van der Waals surface area contributed by atoms with E-state index in [4.69, 9.17) is 4.74 Å². The van der Waals surface area contributed by atoms with Crippen molar-refractivity contribution >= 4 is 33.1 Å². The van der Waals surface area contributed by atoms with Gasteiger partial charge in [0.1, 0.15) is 17.1 Å². The number of nitrogens with zero attached hydrogens (tertiary/aromatic N) is 2. The van der Waals surface area contributed by atoms with Crippen LogP contribution in [-0.4, -0.2) is 50.7 Å². The molecule has 0 amide bonds. The summed E-state index contributed by atoms with van der Waals surface area (Å²) >= 11 is 0.906. The molecular formula is C17H18F2N2O3S. The molecule has 0 atom stereocenters. The minimum absolute atomic E-state index is 0.0494. The van der Waals surface area contributed by atoms with Crippen LogP contribution in [0.4, 0.5) is 14.5 Å². The van der Waals surface area contributed by atoms with Crippen LogP contribution in [0.5, 0.6) is 0 Å². The molecular weight excluding hydrogens is 350 g/mol. The maximum absolute atomic E-state index is 14.9. The van der Waals surface area contributed by atoms with Gasteiger partial charge in [-0.25, -0.2) is 13.6 Å². The summed E-state index contributed by atoms with van der Waals surface area (Å²) < 4.78 is 34.4. The summed E-state index contributed by atoms with van der Waals surface area (Å²) in [7, 11) is 1.95. The van der Waals surface area contributed by atoms with Crippen molar-refractivity contribution in [2.75, 3.05) is 44.7 Å². The fraction of sp³-hybridized carbons (Fsp3) is 0.412. The first-order chi connectivity index (χ1) is 11.9. The molecule has 1 saturated heterocycles. The Labute approximate surface area is 147 Å². The Balaban J connectivity index is 2.10. The number of piperazine rings is 1. The average Bonchev–Trinajstić information content (AvgIpc) is 2.58. The van der Waals surface area contributed by atoms with Gasteiger partial charge < -0.3 is 14.5 Å². The Morgan fingerprint density at radius 3 is 2.60 bits per heavy atom. The van der Waals surface area contributed by atoms with Gasteiger partial charge in [-0.15, -0.1) is 11.3 Å². The van der Waals surface area contributed by atoms with Crippen molar-refractivity contribution in [3.05, 3.63) is 38.9 Å². The number of hydrogen-bond donors (Lipinski definition) is 0. The lowest BCUT2D eigenvalue weighted by molar-refractivity contribution is 0.0525. The third-order valence-corrected chi connectivity index (χ3v) is 5.24. The van der Waals surface area contributed by atoms with E-state index in [9.17, 15) is 18.4 Å². The van der Waals surface area contributed by atoms with Crippen molar-refractivity contribution in [3.63, 3.8) is 0 Å². The Hall–Kier alpha value is -2.06. The molecule has 1 aliphatic heterocycles.